The van der Waals surface area contributed by atoms with Crippen LogP contribution in [-0.4, -0.2) is 39.6 Å². The van der Waals surface area contributed by atoms with Crippen molar-refractivity contribution < 1.29 is 27.5 Å². The van der Waals surface area contributed by atoms with Crippen molar-refractivity contribution in [2.24, 2.45) is 0 Å². The van der Waals surface area contributed by atoms with Gasteiger partial charge in [-0.2, -0.15) is 5.26 Å². The van der Waals surface area contributed by atoms with E-state index in [9.17, 15) is 18.0 Å². The number of nitrogens with zero attached hydrogens (tertiary/aromatic N) is 1. The third-order valence-electron chi connectivity index (χ3n) is 2.62. The van der Waals surface area contributed by atoms with Gasteiger partial charge in [-0.3, -0.25) is 0 Å². The fourth-order valence-corrected chi connectivity index (χ4v) is 2.63. The van der Waals surface area contributed by atoms with E-state index in [4.69, 9.17) is 14.7 Å². The molecule has 0 atom stereocenters. The Morgan fingerprint density at radius 1 is 1.25 bits per heavy atom. The standard InChI is InChI=1S/C15H18N2O6S/c1-11(2)23-14(18)10-22-15(19)12-4-6-13(7-5-12)24(20,21)17-9-3-8-16/h4-7,11,17H,3,9-10H2,1-2H3. The first-order chi connectivity index (χ1) is 11.3. The first-order valence-electron chi connectivity index (χ1n) is 7.09. The van der Waals surface area contributed by atoms with Gasteiger partial charge in [-0.1, -0.05) is 0 Å². The maximum absolute atomic E-state index is 11.9. The number of hydrogen-bond acceptors (Lipinski definition) is 7. The van der Waals surface area contributed by atoms with Crippen molar-refractivity contribution in [1.29, 1.82) is 5.26 Å². The summed E-state index contributed by atoms with van der Waals surface area (Å²) in [6.45, 7) is 2.82. The first kappa shape index (κ1) is 19.6. The van der Waals surface area contributed by atoms with Gasteiger partial charge in [-0.25, -0.2) is 22.7 Å². The number of benzene rings is 1. The highest BCUT2D eigenvalue weighted by Crippen LogP contribution is 2.11. The molecule has 0 saturated heterocycles. The lowest BCUT2D eigenvalue weighted by molar-refractivity contribution is -0.150. The molecule has 1 rings (SSSR count). The molecule has 0 aliphatic heterocycles. The molecule has 0 amide bonds. The Morgan fingerprint density at radius 3 is 2.42 bits per heavy atom. The molecule has 24 heavy (non-hydrogen) atoms. The molecule has 8 nitrogen and oxygen atoms in total. The van der Waals surface area contributed by atoms with Crippen LogP contribution in [0.15, 0.2) is 29.2 Å². The SMILES string of the molecule is CC(C)OC(=O)COC(=O)c1ccc(S(=O)(=O)NCCC#N)cc1. The summed E-state index contributed by atoms with van der Waals surface area (Å²) >= 11 is 0. The van der Waals surface area contributed by atoms with Gasteiger partial charge >= 0.3 is 11.9 Å². The van der Waals surface area contributed by atoms with Crippen molar-refractivity contribution in [3.63, 3.8) is 0 Å². The van der Waals surface area contributed by atoms with E-state index in [1.807, 2.05) is 6.07 Å². The van der Waals surface area contributed by atoms with Crippen molar-refractivity contribution >= 4 is 22.0 Å². The van der Waals surface area contributed by atoms with E-state index < -0.39 is 28.6 Å². The van der Waals surface area contributed by atoms with E-state index in [2.05, 4.69) is 4.72 Å². The van der Waals surface area contributed by atoms with Gasteiger partial charge in [-0.05, 0) is 38.1 Å². The molecule has 0 radical (unpaired) electrons. The molecule has 0 bridgehead atoms. The molecule has 1 N–H and O–H groups in total. The summed E-state index contributed by atoms with van der Waals surface area (Å²) in [4.78, 5) is 23.0. The summed E-state index contributed by atoms with van der Waals surface area (Å²) in [5.74, 6) is -1.43. The number of carbonyl (C=O) groups excluding carboxylic acids is 2. The number of nitrogens with one attached hydrogen (secondary N) is 1. The molecule has 0 fully saturated rings. The fourth-order valence-electron chi connectivity index (χ4n) is 1.60. The van der Waals surface area contributed by atoms with Gasteiger partial charge in [0, 0.05) is 13.0 Å². The third-order valence-corrected chi connectivity index (χ3v) is 4.09. The summed E-state index contributed by atoms with van der Waals surface area (Å²) in [5, 5.41) is 8.40. The molecule has 0 spiro atoms. The minimum absolute atomic E-state index is 0.000585. The Hall–Kier alpha value is -2.44. The zero-order chi connectivity index (χ0) is 18.2. The van der Waals surface area contributed by atoms with Crippen molar-refractivity contribution in [3.8, 4) is 6.07 Å². The first-order valence-corrected chi connectivity index (χ1v) is 8.58. The number of esters is 2. The lowest BCUT2D eigenvalue weighted by atomic mass is 10.2. The van der Waals surface area contributed by atoms with Crippen LogP contribution in [-0.2, 0) is 24.3 Å². The molecular formula is C15H18N2O6S. The molecule has 0 saturated carbocycles. The average molecular weight is 354 g/mol. The molecule has 9 heteroatoms. The van der Waals surface area contributed by atoms with Crippen molar-refractivity contribution in [3.05, 3.63) is 29.8 Å². The number of hydrogen-bond donors (Lipinski definition) is 1. The Balaban J connectivity index is 2.65. The van der Waals surface area contributed by atoms with Crippen molar-refractivity contribution in [2.75, 3.05) is 13.2 Å². The molecule has 1 aromatic rings. The summed E-state index contributed by atoms with van der Waals surface area (Å²) in [7, 11) is -3.74. The predicted octanol–water partition coefficient (Wildman–Crippen LogP) is 0.987. The summed E-state index contributed by atoms with van der Waals surface area (Å²) in [5.41, 5.74) is 0.100. The van der Waals surface area contributed by atoms with Gasteiger partial charge in [0.05, 0.1) is 22.6 Å². The van der Waals surface area contributed by atoms with Crippen molar-refractivity contribution in [2.45, 2.75) is 31.3 Å². The largest absolute Gasteiger partial charge is 0.460 e. The Morgan fingerprint density at radius 2 is 1.88 bits per heavy atom. The lowest BCUT2D eigenvalue weighted by Gasteiger charge is -2.09. The quantitative estimate of drug-likeness (QED) is 0.545. The Bertz CT molecular complexity index is 719. The van der Waals surface area contributed by atoms with Crippen LogP contribution in [0.5, 0.6) is 0 Å². The summed E-state index contributed by atoms with van der Waals surface area (Å²) in [6, 6.07) is 6.84. The Labute approximate surface area is 140 Å². The molecule has 1 aromatic carbocycles. The predicted molar refractivity (Wildman–Crippen MR) is 83.4 cm³/mol. The van der Waals surface area contributed by atoms with Crippen LogP contribution >= 0.6 is 0 Å². The van der Waals surface area contributed by atoms with E-state index >= 15 is 0 Å². The highest BCUT2D eigenvalue weighted by atomic mass is 32.2. The highest BCUT2D eigenvalue weighted by molar-refractivity contribution is 7.89. The number of rotatable bonds is 8. The van der Waals surface area contributed by atoms with Crippen LogP contribution in [0.2, 0.25) is 0 Å². The number of ether oxygens (including phenoxy) is 2. The van der Waals surface area contributed by atoms with Crippen LogP contribution in [0, 0.1) is 11.3 Å². The van der Waals surface area contributed by atoms with E-state index in [1.165, 1.54) is 24.3 Å². The molecule has 0 heterocycles. The molecule has 0 aliphatic rings. The average Bonchev–Trinajstić information content (AvgIpc) is 2.52. The van der Waals surface area contributed by atoms with E-state index in [1.54, 1.807) is 13.8 Å². The van der Waals surface area contributed by atoms with Gasteiger partial charge in [0.1, 0.15) is 0 Å². The summed E-state index contributed by atoms with van der Waals surface area (Å²) in [6.07, 6.45) is -0.259. The van der Waals surface area contributed by atoms with Crippen LogP contribution in [0.3, 0.4) is 0 Å². The second-order valence-corrected chi connectivity index (χ2v) is 6.71. The van der Waals surface area contributed by atoms with Gasteiger partial charge in [0.25, 0.3) is 0 Å². The monoisotopic (exact) mass is 354 g/mol. The number of carbonyl (C=O) groups is 2. The molecular weight excluding hydrogens is 336 g/mol. The van der Waals surface area contributed by atoms with Gasteiger partial charge in [-0.15, -0.1) is 0 Å². The summed E-state index contributed by atoms with van der Waals surface area (Å²) < 4.78 is 35.7. The second-order valence-electron chi connectivity index (χ2n) is 4.95. The molecule has 0 aliphatic carbocycles. The van der Waals surface area contributed by atoms with Gasteiger partial charge in [0.2, 0.25) is 10.0 Å². The highest BCUT2D eigenvalue weighted by Gasteiger charge is 2.16. The van der Waals surface area contributed by atoms with E-state index in [0.717, 1.165) is 0 Å². The van der Waals surface area contributed by atoms with Crippen molar-refractivity contribution in [1.82, 2.24) is 4.72 Å². The van der Waals surface area contributed by atoms with Crippen LogP contribution in [0.4, 0.5) is 0 Å². The molecule has 130 valence electrons. The minimum Gasteiger partial charge on any atom is -0.460 e. The Kier molecular flexibility index (Phi) is 7.35. The number of sulfonamides is 1. The van der Waals surface area contributed by atoms with Gasteiger partial charge < -0.3 is 9.47 Å². The van der Waals surface area contributed by atoms with Crippen LogP contribution < -0.4 is 4.72 Å². The maximum Gasteiger partial charge on any atom is 0.344 e. The van der Waals surface area contributed by atoms with E-state index in [0.29, 0.717) is 0 Å². The van der Waals surface area contributed by atoms with Gasteiger partial charge in [0.15, 0.2) is 6.61 Å². The fraction of sp³-hybridized carbons (Fsp3) is 0.400. The normalized spacial score (nSPS) is 10.9. The number of nitriles is 1. The topological polar surface area (TPSA) is 123 Å². The smallest absolute Gasteiger partial charge is 0.344 e. The molecule has 0 unspecified atom stereocenters. The third kappa shape index (κ3) is 6.36. The maximum atomic E-state index is 11.9. The van der Waals surface area contributed by atoms with Crippen LogP contribution in [0.1, 0.15) is 30.6 Å². The van der Waals surface area contributed by atoms with E-state index in [-0.39, 0.29) is 29.5 Å². The zero-order valence-electron chi connectivity index (χ0n) is 13.3. The minimum atomic E-state index is -3.74. The second kappa shape index (κ2) is 9.00. The zero-order valence-corrected chi connectivity index (χ0v) is 14.1. The lowest BCUT2D eigenvalue weighted by Crippen LogP contribution is -2.24. The molecule has 0 aromatic heterocycles. The van der Waals surface area contributed by atoms with Crippen LogP contribution in [0.25, 0.3) is 0 Å².